The fraction of sp³-hybridized carbons (Fsp3) is 0.727. The van der Waals surface area contributed by atoms with E-state index in [4.69, 9.17) is 10.5 Å². The van der Waals surface area contributed by atoms with Gasteiger partial charge in [0, 0.05) is 25.7 Å². The summed E-state index contributed by atoms with van der Waals surface area (Å²) in [5, 5.41) is 0. The summed E-state index contributed by atoms with van der Waals surface area (Å²) in [5.41, 5.74) is 7.47. The molecule has 3 heteroatoms. The molecule has 3 nitrogen and oxygen atoms in total. The van der Waals surface area contributed by atoms with Crippen molar-refractivity contribution in [2.75, 3.05) is 26.2 Å². The van der Waals surface area contributed by atoms with Crippen LogP contribution in [0.3, 0.4) is 0 Å². The van der Waals surface area contributed by atoms with Gasteiger partial charge in [-0.2, -0.15) is 0 Å². The molecule has 2 fully saturated rings. The molecule has 2 atom stereocenters. The quantitative estimate of drug-likeness (QED) is 0.777. The molecule has 1 aromatic carbocycles. The maximum atomic E-state index is 6.01. The highest BCUT2D eigenvalue weighted by molar-refractivity contribution is 5.29. The van der Waals surface area contributed by atoms with Crippen LogP contribution in [-0.2, 0) is 0 Å². The summed E-state index contributed by atoms with van der Waals surface area (Å²) in [6, 6.07) is 9.23. The minimum absolute atomic E-state index is 0.421. The fourth-order valence-corrected chi connectivity index (χ4v) is 4.74. The fourth-order valence-electron chi connectivity index (χ4n) is 4.74. The first kappa shape index (κ1) is 18.7. The molecule has 2 aliphatic rings. The number of nitrogens with two attached hydrogens (primary N) is 1. The second-order valence-electron chi connectivity index (χ2n) is 8.59. The normalized spacial score (nSPS) is 31.0. The lowest BCUT2D eigenvalue weighted by atomic mass is 9.82. The second kappa shape index (κ2) is 9.05. The second-order valence-corrected chi connectivity index (χ2v) is 8.59. The van der Waals surface area contributed by atoms with Crippen LogP contribution in [-0.4, -0.2) is 37.2 Å². The first-order valence-electron chi connectivity index (χ1n) is 10.3. The van der Waals surface area contributed by atoms with Crippen molar-refractivity contribution < 1.29 is 4.74 Å². The third-order valence-corrected chi connectivity index (χ3v) is 5.96. The Bertz CT molecular complexity index is 497. The standard InChI is InChI=1S/C22H36N2O/c1-17-14-18(2)16-24(15-17)12-3-13-25-22-10-6-20(7-11-22)19-4-8-21(23)9-5-19/h6-7,10-11,17-19,21H,3-5,8-9,12-16,23H2,1-2H3/t17-,18-,19-,21-/m0/s1. The Hall–Kier alpha value is -1.06. The zero-order valence-corrected chi connectivity index (χ0v) is 16.1. The first-order valence-corrected chi connectivity index (χ1v) is 10.3. The van der Waals surface area contributed by atoms with Gasteiger partial charge in [0.2, 0.25) is 0 Å². The van der Waals surface area contributed by atoms with E-state index in [1.807, 2.05) is 0 Å². The Kier molecular flexibility index (Phi) is 6.77. The molecule has 0 unspecified atom stereocenters. The molecule has 0 aromatic heterocycles. The van der Waals surface area contributed by atoms with E-state index in [9.17, 15) is 0 Å². The van der Waals surface area contributed by atoms with E-state index in [2.05, 4.69) is 43.0 Å². The third kappa shape index (κ3) is 5.72. The van der Waals surface area contributed by atoms with E-state index in [0.29, 0.717) is 12.0 Å². The van der Waals surface area contributed by atoms with Crippen LogP contribution in [0.5, 0.6) is 5.75 Å². The summed E-state index contributed by atoms with van der Waals surface area (Å²) in [6.07, 6.45) is 7.28. The van der Waals surface area contributed by atoms with Crippen LogP contribution >= 0.6 is 0 Å². The number of rotatable bonds is 6. The molecule has 1 saturated carbocycles. The summed E-state index contributed by atoms with van der Waals surface area (Å²) in [6.45, 7) is 9.24. The summed E-state index contributed by atoms with van der Waals surface area (Å²) >= 11 is 0. The highest BCUT2D eigenvalue weighted by Gasteiger charge is 2.21. The van der Waals surface area contributed by atoms with Crippen molar-refractivity contribution in [3.63, 3.8) is 0 Å². The first-order chi connectivity index (χ1) is 12.1. The van der Waals surface area contributed by atoms with Crippen LogP contribution < -0.4 is 10.5 Å². The minimum atomic E-state index is 0.421. The number of nitrogens with zero attached hydrogens (tertiary/aromatic N) is 1. The van der Waals surface area contributed by atoms with E-state index in [1.54, 1.807) is 0 Å². The minimum Gasteiger partial charge on any atom is -0.494 e. The molecule has 0 spiro atoms. The molecule has 2 N–H and O–H groups in total. The Morgan fingerprint density at radius 3 is 2.28 bits per heavy atom. The van der Waals surface area contributed by atoms with Crippen molar-refractivity contribution in [1.29, 1.82) is 0 Å². The zero-order chi connectivity index (χ0) is 17.6. The van der Waals surface area contributed by atoms with Gasteiger partial charge in [0.1, 0.15) is 5.75 Å². The molecule has 0 radical (unpaired) electrons. The number of piperidine rings is 1. The number of likely N-dealkylation sites (tertiary alicyclic amines) is 1. The lowest BCUT2D eigenvalue weighted by Gasteiger charge is -2.34. The predicted octanol–water partition coefficient (Wildman–Crippen LogP) is 4.42. The van der Waals surface area contributed by atoms with E-state index in [-0.39, 0.29) is 0 Å². The Morgan fingerprint density at radius 2 is 1.64 bits per heavy atom. The molecule has 0 bridgehead atoms. The summed E-state index contributed by atoms with van der Waals surface area (Å²) in [7, 11) is 0. The van der Waals surface area contributed by atoms with Crippen LogP contribution in [0.4, 0.5) is 0 Å². The van der Waals surface area contributed by atoms with E-state index in [0.717, 1.165) is 50.0 Å². The molecule has 1 aliphatic carbocycles. The molecule has 0 amide bonds. The van der Waals surface area contributed by atoms with E-state index >= 15 is 0 Å². The predicted molar refractivity (Wildman–Crippen MR) is 105 cm³/mol. The van der Waals surface area contributed by atoms with Crippen molar-refractivity contribution in [2.24, 2.45) is 17.6 Å². The van der Waals surface area contributed by atoms with Gasteiger partial charge < -0.3 is 15.4 Å². The van der Waals surface area contributed by atoms with Crippen LogP contribution in [0.25, 0.3) is 0 Å². The molecule has 140 valence electrons. The van der Waals surface area contributed by atoms with E-state index in [1.165, 1.54) is 37.9 Å². The third-order valence-electron chi connectivity index (χ3n) is 5.96. The zero-order valence-electron chi connectivity index (χ0n) is 16.1. The van der Waals surface area contributed by atoms with Crippen molar-refractivity contribution >= 4 is 0 Å². The van der Waals surface area contributed by atoms with Crippen LogP contribution in [0.2, 0.25) is 0 Å². The average molecular weight is 345 g/mol. The van der Waals surface area contributed by atoms with Crippen LogP contribution in [0.15, 0.2) is 24.3 Å². The van der Waals surface area contributed by atoms with Crippen molar-refractivity contribution in [1.82, 2.24) is 4.90 Å². The van der Waals surface area contributed by atoms with Gasteiger partial charge in [0.15, 0.2) is 0 Å². The molecular weight excluding hydrogens is 308 g/mol. The lowest BCUT2D eigenvalue weighted by Crippen LogP contribution is -2.39. The van der Waals surface area contributed by atoms with Gasteiger partial charge in [0.25, 0.3) is 0 Å². The molecule has 1 saturated heterocycles. The number of hydrogen-bond acceptors (Lipinski definition) is 3. The van der Waals surface area contributed by atoms with Gasteiger partial charge in [-0.1, -0.05) is 26.0 Å². The number of hydrogen-bond donors (Lipinski definition) is 1. The lowest BCUT2D eigenvalue weighted by molar-refractivity contribution is 0.132. The molecule has 25 heavy (non-hydrogen) atoms. The van der Waals surface area contributed by atoms with Crippen molar-refractivity contribution in [3.05, 3.63) is 29.8 Å². The van der Waals surface area contributed by atoms with Gasteiger partial charge in [-0.3, -0.25) is 0 Å². The SMILES string of the molecule is C[C@H]1C[C@H](C)CN(CCCOc2ccc([C@H]3CC[C@H](N)CC3)cc2)C1. The van der Waals surface area contributed by atoms with Crippen molar-refractivity contribution in [2.45, 2.75) is 64.3 Å². The monoisotopic (exact) mass is 344 g/mol. The maximum absolute atomic E-state index is 6.01. The van der Waals surface area contributed by atoms with Gasteiger partial charge >= 0.3 is 0 Å². The number of benzene rings is 1. The highest BCUT2D eigenvalue weighted by Crippen LogP contribution is 2.33. The molecule has 1 heterocycles. The van der Waals surface area contributed by atoms with Gasteiger partial charge in [0.05, 0.1) is 6.61 Å². The van der Waals surface area contributed by atoms with E-state index < -0.39 is 0 Å². The Labute approximate surface area is 153 Å². The molecule has 3 rings (SSSR count). The summed E-state index contributed by atoms with van der Waals surface area (Å²) in [5.74, 6) is 3.38. The van der Waals surface area contributed by atoms with Crippen LogP contribution in [0.1, 0.15) is 63.9 Å². The topological polar surface area (TPSA) is 38.5 Å². The smallest absolute Gasteiger partial charge is 0.119 e. The van der Waals surface area contributed by atoms with Gasteiger partial charge in [-0.05, 0) is 74.0 Å². The average Bonchev–Trinajstić information content (AvgIpc) is 2.59. The largest absolute Gasteiger partial charge is 0.494 e. The van der Waals surface area contributed by atoms with Gasteiger partial charge in [-0.25, -0.2) is 0 Å². The van der Waals surface area contributed by atoms with Gasteiger partial charge in [-0.15, -0.1) is 0 Å². The Balaban J connectivity index is 1.37. The summed E-state index contributed by atoms with van der Waals surface area (Å²) < 4.78 is 5.96. The van der Waals surface area contributed by atoms with Crippen LogP contribution in [0, 0.1) is 11.8 Å². The number of ether oxygens (including phenoxy) is 1. The molecule has 1 aromatic rings. The van der Waals surface area contributed by atoms with Crippen molar-refractivity contribution in [3.8, 4) is 5.75 Å². The maximum Gasteiger partial charge on any atom is 0.119 e. The highest BCUT2D eigenvalue weighted by atomic mass is 16.5. The Morgan fingerprint density at radius 1 is 1.00 bits per heavy atom. The molecular formula is C22H36N2O. The molecule has 1 aliphatic heterocycles. The summed E-state index contributed by atoms with van der Waals surface area (Å²) in [4.78, 5) is 2.61.